The average Bonchev–Trinajstić information content (AvgIpc) is 2.47. The Kier molecular flexibility index (Phi) is 3.52. The van der Waals surface area contributed by atoms with Crippen LogP contribution < -0.4 is 0 Å². The highest BCUT2D eigenvalue weighted by molar-refractivity contribution is 5.85. The number of rotatable bonds is 2. The highest BCUT2D eigenvalue weighted by Gasteiger charge is 2.15. The molecule has 70 valence electrons. The first-order chi connectivity index (χ1) is 5.90. The molecule has 0 unspecified atom stereocenters. The van der Waals surface area contributed by atoms with Gasteiger partial charge in [-0.05, 0) is 11.1 Å². The van der Waals surface area contributed by atoms with Crippen molar-refractivity contribution in [2.45, 2.75) is 13.1 Å². The molecule has 2 heteroatoms. The molecule has 2 rings (SSSR count). The van der Waals surface area contributed by atoms with Crippen molar-refractivity contribution >= 4 is 12.4 Å². The molecule has 1 aliphatic heterocycles. The lowest BCUT2D eigenvalue weighted by molar-refractivity contribution is 0.317. The normalized spacial score (nSPS) is 14.8. The summed E-state index contributed by atoms with van der Waals surface area (Å²) in [6, 6.07) is 8.63. The molecule has 0 bridgehead atoms. The van der Waals surface area contributed by atoms with E-state index in [-0.39, 0.29) is 12.4 Å². The zero-order valence-electron chi connectivity index (χ0n) is 7.57. The summed E-state index contributed by atoms with van der Waals surface area (Å²) in [5.74, 6) is 0. The molecule has 1 heterocycles. The third-order valence-electron chi connectivity index (χ3n) is 2.29. The third kappa shape index (κ3) is 2.11. The molecule has 0 N–H and O–H groups in total. The molecule has 0 atom stereocenters. The molecule has 1 aliphatic rings. The van der Waals surface area contributed by atoms with Gasteiger partial charge in [0.2, 0.25) is 0 Å². The van der Waals surface area contributed by atoms with Crippen molar-refractivity contribution in [2.75, 3.05) is 6.54 Å². The van der Waals surface area contributed by atoms with Crippen molar-refractivity contribution in [1.29, 1.82) is 0 Å². The highest BCUT2D eigenvalue weighted by atomic mass is 35.5. The molecule has 0 radical (unpaired) electrons. The molecule has 0 aromatic heterocycles. The lowest BCUT2D eigenvalue weighted by atomic mass is 10.1. The monoisotopic (exact) mass is 195 g/mol. The molecule has 0 spiro atoms. The van der Waals surface area contributed by atoms with E-state index in [0.717, 1.165) is 19.6 Å². The van der Waals surface area contributed by atoms with Gasteiger partial charge in [0.15, 0.2) is 0 Å². The summed E-state index contributed by atoms with van der Waals surface area (Å²) in [5, 5.41) is 0. The molecule has 0 amide bonds. The van der Waals surface area contributed by atoms with E-state index in [1.165, 1.54) is 11.1 Å². The van der Waals surface area contributed by atoms with Gasteiger partial charge in [-0.1, -0.05) is 30.3 Å². The first kappa shape index (κ1) is 10.3. The second kappa shape index (κ2) is 4.45. The number of hydrogen-bond donors (Lipinski definition) is 0. The van der Waals surface area contributed by atoms with Crippen LogP contribution in [0.2, 0.25) is 0 Å². The summed E-state index contributed by atoms with van der Waals surface area (Å²) in [6.07, 6.45) is 1.96. The largest absolute Gasteiger partial charge is 0.291 e. The maximum Gasteiger partial charge on any atom is 0.0243 e. The molecule has 1 nitrogen and oxygen atoms in total. The predicted molar refractivity (Wildman–Crippen MR) is 58.0 cm³/mol. The van der Waals surface area contributed by atoms with Crippen LogP contribution in [0.1, 0.15) is 11.1 Å². The molecule has 0 aliphatic carbocycles. The Morgan fingerprint density at radius 2 is 1.77 bits per heavy atom. The Hall–Kier alpha value is -0.790. The second-order valence-electron chi connectivity index (χ2n) is 3.23. The van der Waals surface area contributed by atoms with Crippen LogP contribution in [-0.2, 0) is 13.1 Å². The number of halogens is 1. The maximum atomic E-state index is 3.75. The van der Waals surface area contributed by atoms with Crippen LogP contribution in [0, 0.1) is 0 Å². The minimum atomic E-state index is 0. The summed E-state index contributed by atoms with van der Waals surface area (Å²) in [4.78, 5) is 2.39. The Morgan fingerprint density at radius 1 is 1.23 bits per heavy atom. The summed E-state index contributed by atoms with van der Waals surface area (Å²) in [5.41, 5.74) is 2.94. The smallest absolute Gasteiger partial charge is 0.0243 e. The van der Waals surface area contributed by atoms with E-state index in [0.29, 0.717) is 0 Å². The molecule has 13 heavy (non-hydrogen) atoms. The van der Waals surface area contributed by atoms with Gasteiger partial charge >= 0.3 is 0 Å². The lowest BCUT2D eigenvalue weighted by Gasteiger charge is -2.10. The highest BCUT2D eigenvalue weighted by Crippen LogP contribution is 2.21. The Balaban J connectivity index is 0.000000845. The van der Waals surface area contributed by atoms with Crippen molar-refractivity contribution in [1.82, 2.24) is 4.90 Å². The van der Waals surface area contributed by atoms with Crippen molar-refractivity contribution in [3.63, 3.8) is 0 Å². The summed E-state index contributed by atoms with van der Waals surface area (Å²) in [7, 11) is 0. The number of hydrogen-bond acceptors (Lipinski definition) is 1. The van der Waals surface area contributed by atoms with E-state index in [1.54, 1.807) is 0 Å². The Labute approximate surface area is 85.5 Å². The van der Waals surface area contributed by atoms with E-state index in [9.17, 15) is 0 Å². The number of benzene rings is 1. The van der Waals surface area contributed by atoms with Gasteiger partial charge in [-0.2, -0.15) is 0 Å². The van der Waals surface area contributed by atoms with Crippen LogP contribution in [0.4, 0.5) is 0 Å². The van der Waals surface area contributed by atoms with Gasteiger partial charge in [-0.15, -0.1) is 19.0 Å². The van der Waals surface area contributed by atoms with Crippen molar-refractivity contribution in [3.05, 3.63) is 48.0 Å². The quantitative estimate of drug-likeness (QED) is 0.656. The zero-order chi connectivity index (χ0) is 8.39. The van der Waals surface area contributed by atoms with Crippen LogP contribution in [-0.4, -0.2) is 11.4 Å². The summed E-state index contributed by atoms with van der Waals surface area (Å²) < 4.78 is 0. The minimum absolute atomic E-state index is 0. The van der Waals surface area contributed by atoms with Gasteiger partial charge < -0.3 is 0 Å². The lowest BCUT2D eigenvalue weighted by Crippen LogP contribution is -2.15. The molecular weight excluding hydrogens is 182 g/mol. The first-order valence-electron chi connectivity index (χ1n) is 4.30. The van der Waals surface area contributed by atoms with Crippen LogP contribution in [0.25, 0.3) is 0 Å². The molecular formula is C11H14ClN. The van der Waals surface area contributed by atoms with Gasteiger partial charge in [0.05, 0.1) is 0 Å². The van der Waals surface area contributed by atoms with E-state index in [1.807, 2.05) is 6.08 Å². The predicted octanol–water partition coefficient (Wildman–Crippen LogP) is 2.61. The van der Waals surface area contributed by atoms with Crippen molar-refractivity contribution in [3.8, 4) is 0 Å². The molecule has 1 aromatic rings. The fourth-order valence-corrected chi connectivity index (χ4v) is 1.72. The number of fused-ring (bicyclic) bond motifs is 1. The van der Waals surface area contributed by atoms with E-state index in [2.05, 4.69) is 35.7 Å². The van der Waals surface area contributed by atoms with Gasteiger partial charge in [-0.25, -0.2) is 0 Å². The van der Waals surface area contributed by atoms with E-state index >= 15 is 0 Å². The summed E-state index contributed by atoms with van der Waals surface area (Å²) in [6.45, 7) is 6.91. The molecule has 0 fully saturated rings. The molecule has 1 aromatic carbocycles. The fourth-order valence-electron chi connectivity index (χ4n) is 1.72. The average molecular weight is 196 g/mol. The molecule has 0 saturated heterocycles. The van der Waals surface area contributed by atoms with E-state index in [4.69, 9.17) is 0 Å². The number of nitrogens with zero attached hydrogens (tertiary/aromatic N) is 1. The van der Waals surface area contributed by atoms with Crippen molar-refractivity contribution in [2.24, 2.45) is 0 Å². The minimum Gasteiger partial charge on any atom is -0.291 e. The van der Waals surface area contributed by atoms with E-state index < -0.39 is 0 Å². The Morgan fingerprint density at radius 3 is 2.23 bits per heavy atom. The van der Waals surface area contributed by atoms with Gasteiger partial charge in [0.1, 0.15) is 0 Å². The van der Waals surface area contributed by atoms with Crippen LogP contribution in [0.3, 0.4) is 0 Å². The van der Waals surface area contributed by atoms with Gasteiger partial charge in [0.25, 0.3) is 0 Å². The SMILES string of the molecule is C=CCN1Cc2ccccc2C1.Cl. The third-order valence-corrected chi connectivity index (χ3v) is 2.29. The zero-order valence-corrected chi connectivity index (χ0v) is 8.39. The first-order valence-corrected chi connectivity index (χ1v) is 4.30. The maximum absolute atomic E-state index is 3.75. The van der Waals surface area contributed by atoms with Crippen LogP contribution >= 0.6 is 12.4 Å². The Bertz CT molecular complexity index is 271. The topological polar surface area (TPSA) is 3.24 Å². The van der Waals surface area contributed by atoms with Crippen molar-refractivity contribution < 1.29 is 0 Å². The van der Waals surface area contributed by atoms with Crippen LogP contribution in [0.15, 0.2) is 36.9 Å². The van der Waals surface area contributed by atoms with Gasteiger partial charge in [0, 0.05) is 19.6 Å². The second-order valence-corrected chi connectivity index (χ2v) is 3.23. The molecule has 0 saturated carbocycles. The van der Waals surface area contributed by atoms with Gasteiger partial charge in [-0.3, -0.25) is 4.90 Å². The standard InChI is InChI=1S/C11H13N.ClH/c1-2-7-12-8-10-5-3-4-6-11(10)9-12;/h2-6H,1,7-9H2;1H. The summed E-state index contributed by atoms with van der Waals surface area (Å²) >= 11 is 0. The fraction of sp³-hybridized carbons (Fsp3) is 0.273. The van der Waals surface area contributed by atoms with Crippen LogP contribution in [0.5, 0.6) is 0 Å².